The molecule has 108 valence electrons. The van der Waals surface area contributed by atoms with E-state index in [1.165, 1.54) is 12.1 Å². The van der Waals surface area contributed by atoms with Crippen LogP contribution in [0.2, 0.25) is 0 Å². The predicted octanol–water partition coefficient (Wildman–Crippen LogP) is 3.78. The van der Waals surface area contributed by atoms with Crippen LogP contribution in [0.25, 0.3) is 12.2 Å². The molecule has 0 aliphatic rings. The molecule has 0 saturated carbocycles. The summed E-state index contributed by atoms with van der Waals surface area (Å²) in [5.74, 6) is 1.41. The highest BCUT2D eigenvalue weighted by atomic mass is 16.6. The van der Waals surface area contributed by atoms with Gasteiger partial charge in [-0.3, -0.25) is 10.1 Å². The van der Waals surface area contributed by atoms with E-state index in [-0.39, 0.29) is 5.69 Å². The zero-order valence-corrected chi connectivity index (χ0v) is 11.8. The SMILES string of the molecule is COc1cc(/C=C/c2ccc([N+](=O)[O-])cc2)cc(OC)c1. The molecule has 0 aromatic heterocycles. The lowest BCUT2D eigenvalue weighted by Gasteiger charge is -2.05. The Morgan fingerprint density at radius 2 is 1.43 bits per heavy atom. The van der Waals surface area contributed by atoms with Gasteiger partial charge in [-0.25, -0.2) is 0 Å². The monoisotopic (exact) mass is 285 g/mol. The van der Waals surface area contributed by atoms with E-state index in [0.29, 0.717) is 11.5 Å². The summed E-state index contributed by atoms with van der Waals surface area (Å²) in [6.07, 6.45) is 3.77. The van der Waals surface area contributed by atoms with Crippen LogP contribution in [-0.4, -0.2) is 19.1 Å². The van der Waals surface area contributed by atoms with Crippen LogP contribution in [0.4, 0.5) is 5.69 Å². The average Bonchev–Trinajstić information content (AvgIpc) is 2.52. The highest BCUT2D eigenvalue weighted by Crippen LogP contribution is 2.24. The van der Waals surface area contributed by atoms with Crippen molar-refractivity contribution in [2.75, 3.05) is 14.2 Å². The molecule has 0 heterocycles. The summed E-state index contributed by atoms with van der Waals surface area (Å²) in [7, 11) is 3.19. The molecule has 0 aliphatic carbocycles. The Balaban J connectivity index is 2.22. The van der Waals surface area contributed by atoms with Crippen LogP contribution in [0.1, 0.15) is 11.1 Å². The van der Waals surface area contributed by atoms with Gasteiger partial charge in [0.05, 0.1) is 19.1 Å². The lowest BCUT2D eigenvalue weighted by atomic mass is 10.1. The topological polar surface area (TPSA) is 61.6 Å². The number of benzene rings is 2. The molecule has 0 amide bonds. The average molecular weight is 285 g/mol. The maximum atomic E-state index is 10.6. The molecule has 0 fully saturated rings. The Morgan fingerprint density at radius 3 is 1.90 bits per heavy atom. The minimum atomic E-state index is -0.416. The molecule has 2 aromatic carbocycles. The number of nitro groups is 1. The number of ether oxygens (including phenoxy) is 2. The summed E-state index contributed by atoms with van der Waals surface area (Å²) in [6.45, 7) is 0. The molecule has 0 spiro atoms. The molecule has 0 atom stereocenters. The van der Waals surface area contributed by atoms with Crippen molar-refractivity contribution in [2.45, 2.75) is 0 Å². The van der Waals surface area contributed by atoms with E-state index in [0.717, 1.165) is 11.1 Å². The van der Waals surface area contributed by atoms with Crippen molar-refractivity contribution in [1.29, 1.82) is 0 Å². The second-order valence-corrected chi connectivity index (χ2v) is 4.33. The smallest absolute Gasteiger partial charge is 0.269 e. The molecule has 2 rings (SSSR count). The van der Waals surface area contributed by atoms with Crippen molar-refractivity contribution in [1.82, 2.24) is 0 Å². The molecule has 0 aliphatic heterocycles. The summed E-state index contributed by atoms with van der Waals surface area (Å²) >= 11 is 0. The van der Waals surface area contributed by atoms with Crippen LogP contribution in [0.5, 0.6) is 11.5 Å². The third-order valence-corrected chi connectivity index (χ3v) is 2.95. The van der Waals surface area contributed by atoms with Crippen LogP contribution < -0.4 is 9.47 Å². The van der Waals surface area contributed by atoms with E-state index in [4.69, 9.17) is 9.47 Å². The molecule has 0 saturated heterocycles. The van der Waals surface area contributed by atoms with Crippen LogP contribution >= 0.6 is 0 Å². The minimum absolute atomic E-state index is 0.0789. The van der Waals surface area contributed by atoms with Crippen molar-refractivity contribution in [3.63, 3.8) is 0 Å². The fourth-order valence-electron chi connectivity index (χ4n) is 1.83. The van der Waals surface area contributed by atoms with Crippen LogP contribution in [-0.2, 0) is 0 Å². The predicted molar refractivity (Wildman–Crippen MR) is 81.6 cm³/mol. The molecule has 0 N–H and O–H groups in total. The molecule has 0 radical (unpaired) electrons. The van der Waals surface area contributed by atoms with Crippen LogP contribution in [0, 0.1) is 10.1 Å². The zero-order chi connectivity index (χ0) is 15.2. The second-order valence-electron chi connectivity index (χ2n) is 4.33. The zero-order valence-electron chi connectivity index (χ0n) is 11.8. The van der Waals surface area contributed by atoms with Gasteiger partial charge in [0.25, 0.3) is 5.69 Å². The fourth-order valence-corrected chi connectivity index (χ4v) is 1.83. The van der Waals surface area contributed by atoms with Gasteiger partial charge in [-0.05, 0) is 35.4 Å². The van der Waals surface area contributed by atoms with Gasteiger partial charge < -0.3 is 9.47 Å². The first-order valence-corrected chi connectivity index (χ1v) is 6.28. The first-order valence-electron chi connectivity index (χ1n) is 6.28. The second kappa shape index (κ2) is 6.56. The Kier molecular flexibility index (Phi) is 4.56. The lowest BCUT2D eigenvalue weighted by molar-refractivity contribution is -0.384. The van der Waals surface area contributed by atoms with E-state index >= 15 is 0 Å². The van der Waals surface area contributed by atoms with Gasteiger partial charge in [0, 0.05) is 18.2 Å². The number of hydrogen-bond donors (Lipinski definition) is 0. The summed E-state index contributed by atoms with van der Waals surface area (Å²) in [5, 5.41) is 10.6. The van der Waals surface area contributed by atoms with Gasteiger partial charge >= 0.3 is 0 Å². The molecule has 0 bridgehead atoms. The Bertz CT molecular complexity index is 640. The summed E-state index contributed by atoms with van der Waals surface area (Å²) in [6, 6.07) is 11.9. The first-order chi connectivity index (χ1) is 10.1. The van der Waals surface area contributed by atoms with E-state index in [1.807, 2.05) is 24.3 Å². The first kappa shape index (κ1) is 14.6. The molecule has 2 aromatic rings. The number of non-ortho nitro benzene ring substituents is 1. The van der Waals surface area contributed by atoms with Crippen molar-refractivity contribution in [3.8, 4) is 11.5 Å². The normalized spacial score (nSPS) is 10.6. The van der Waals surface area contributed by atoms with E-state index in [9.17, 15) is 10.1 Å². The van der Waals surface area contributed by atoms with Crippen LogP contribution in [0.3, 0.4) is 0 Å². The highest BCUT2D eigenvalue weighted by molar-refractivity contribution is 5.71. The van der Waals surface area contributed by atoms with Crippen molar-refractivity contribution >= 4 is 17.8 Å². The number of nitro benzene ring substituents is 1. The number of methoxy groups -OCH3 is 2. The van der Waals surface area contributed by atoms with Crippen LogP contribution in [0.15, 0.2) is 42.5 Å². The largest absolute Gasteiger partial charge is 0.497 e. The summed E-state index contributed by atoms with van der Waals surface area (Å²) in [4.78, 5) is 10.2. The third-order valence-electron chi connectivity index (χ3n) is 2.95. The Morgan fingerprint density at radius 1 is 0.905 bits per heavy atom. The highest BCUT2D eigenvalue weighted by Gasteiger charge is 2.03. The number of rotatable bonds is 5. The van der Waals surface area contributed by atoms with Gasteiger partial charge in [0.2, 0.25) is 0 Å². The van der Waals surface area contributed by atoms with Gasteiger partial charge in [-0.15, -0.1) is 0 Å². The molecule has 21 heavy (non-hydrogen) atoms. The number of nitrogens with zero attached hydrogens (tertiary/aromatic N) is 1. The molecule has 0 unspecified atom stereocenters. The number of hydrogen-bond acceptors (Lipinski definition) is 4. The van der Waals surface area contributed by atoms with E-state index < -0.39 is 4.92 Å². The van der Waals surface area contributed by atoms with Gasteiger partial charge in [-0.1, -0.05) is 12.2 Å². The maximum Gasteiger partial charge on any atom is 0.269 e. The van der Waals surface area contributed by atoms with E-state index in [1.54, 1.807) is 32.4 Å². The molecular formula is C16H15NO4. The molecular weight excluding hydrogens is 270 g/mol. The summed E-state index contributed by atoms with van der Waals surface area (Å²) < 4.78 is 10.4. The maximum absolute atomic E-state index is 10.6. The third kappa shape index (κ3) is 3.82. The minimum Gasteiger partial charge on any atom is -0.497 e. The molecule has 5 heteroatoms. The Labute approximate surface area is 122 Å². The quantitative estimate of drug-likeness (QED) is 0.476. The van der Waals surface area contributed by atoms with Gasteiger partial charge in [-0.2, -0.15) is 0 Å². The standard InChI is InChI=1S/C16H15NO4/c1-20-15-9-13(10-16(11-15)21-2)4-3-12-5-7-14(8-6-12)17(18)19/h3-11H,1-2H3/b4-3+. The molecule has 5 nitrogen and oxygen atoms in total. The Hall–Kier alpha value is -2.82. The van der Waals surface area contributed by atoms with Gasteiger partial charge in [0.15, 0.2) is 0 Å². The van der Waals surface area contributed by atoms with Gasteiger partial charge in [0.1, 0.15) is 11.5 Å². The fraction of sp³-hybridized carbons (Fsp3) is 0.125. The van der Waals surface area contributed by atoms with Crippen molar-refractivity contribution in [2.24, 2.45) is 0 Å². The van der Waals surface area contributed by atoms with Crippen molar-refractivity contribution < 1.29 is 14.4 Å². The lowest BCUT2D eigenvalue weighted by Crippen LogP contribution is -1.88. The van der Waals surface area contributed by atoms with E-state index in [2.05, 4.69) is 0 Å². The summed E-state index contributed by atoms with van der Waals surface area (Å²) in [5.41, 5.74) is 1.88. The van der Waals surface area contributed by atoms with Crippen molar-refractivity contribution in [3.05, 3.63) is 63.7 Å².